The van der Waals surface area contributed by atoms with E-state index in [1.807, 2.05) is 6.07 Å². The number of hydrogen-bond acceptors (Lipinski definition) is 3. The summed E-state index contributed by atoms with van der Waals surface area (Å²) in [6.45, 7) is 0. The molecule has 3 nitrogen and oxygen atoms in total. The molecule has 0 unspecified atom stereocenters. The summed E-state index contributed by atoms with van der Waals surface area (Å²) in [5, 5.41) is 8.63. The van der Waals surface area contributed by atoms with Crippen LogP contribution in [-0.2, 0) is 9.84 Å². The van der Waals surface area contributed by atoms with Crippen LogP contribution in [0.25, 0.3) is 0 Å². The van der Waals surface area contributed by atoms with Gasteiger partial charge in [-0.2, -0.15) is 5.26 Å². The molecule has 1 radical (unpaired) electrons. The van der Waals surface area contributed by atoms with Gasteiger partial charge in [0.25, 0.3) is 0 Å². The Morgan fingerprint density at radius 2 is 1.76 bits per heavy atom. The summed E-state index contributed by atoms with van der Waals surface area (Å²) in [5.74, 6) is 0. The average Bonchev–Trinajstić information content (AvgIpc) is 2.40. The molecule has 83 valence electrons. The minimum atomic E-state index is -3.53. The van der Waals surface area contributed by atoms with Crippen LogP contribution in [0.3, 0.4) is 0 Å². The van der Waals surface area contributed by atoms with Gasteiger partial charge in [0.05, 0.1) is 21.4 Å². The van der Waals surface area contributed by atoms with Crippen LogP contribution < -0.4 is 0 Å². The van der Waals surface area contributed by atoms with Crippen molar-refractivity contribution in [1.82, 2.24) is 0 Å². The van der Waals surface area contributed by atoms with Gasteiger partial charge in [-0.15, -0.1) is 0 Å². The molecule has 0 atom stereocenters. The average molecular weight is 242 g/mol. The summed E-state index contributed by atoms with van der Waals surface area (Å²) < 4.78 is 24.2. The van der Waals surface area contributed by atoms with Crippen molar-refractivity contribution in [1.29, 1.82) is 5.26 Å². The smallest absolute Gasteiger partial charge is 0.207 e. The fraction of sp³-hybridized carbons (Fsp3) is 0. The summed E-state index contributed by atoms with van der Waals surface area (Å²) in [6.07, 6.45) is 0. The zero-order valence-corrected chi connectivity index (χ0v) is 9.61. The quantitative estimate of drug-likeness (QED) is 0.811. The second-order valence-electron chi connectivity index (χ2n) is 3.37. The molecule has 0 aliphatic heterocycles. The molecule has 2 aromatic carbocycles. The Morgan fingerprint density at radius 1 is 1.06 bits per heavy atom. The second kappa shape index (κ2) is 4.40. The molecule has 0 aliphatic rings. The molecule has 0 amide bonds. The second-order valence-corrected chi connectivity index (χ2v) is 5.29. The van der Waals surface area contributed by atoms with Gasteiger partial charge in [-0.1, -0.05) is 18.2 Å². The Bertz CT molecular complexity index is 653. The number of hydrogen-bond donors (Lipinski definition) is 0. The van der Waals surface area contributed by atoms with Crippen LogP contribution in [0.2, 0.25) is 0 Å². The van der Waals surface area contributed by atoms with E-state index in [4.69, 9.17) is 5.26 Å². The molecule has 2 rings (SSSR count). The zero-order valence-electron chi connectivity index (χ0n) is 8.79. The van der Waals surface area contributed by atoms with E-state index < -0.39 is 9.84 Å². The van der Waals surface area contributed by atoms with Crippen molar-refractivity contribution in [2.45, 2.75) is 9.79 Å². The Kier molecular flexibility index (Phi) is 2.94. The van der Waals surface area contributed by atoms with Gasteiger partial charge in [0.15, 0.2) is 0 Å². The molecule has 0 aromatic heterocycles. The lowest BCUT2D eigenvalue weighted by atomic mass is 10.2. The third kappa shape index (κ3) is 2.19. The molecule has 17 heavy (non-hydrogen) atoms. The van der Waals surface area contributed by atoms with E-state index in [1.54, 1.807) is 18.2 Å². The molecular weight excluding hydrogens is 234 g/mol. The lowest BCUT2D eigenvalue weighted by molar-refractivity contribution is 0.596. The van der Waals surface area contributed by atoms with Gasteiger partial charge < -0.3 is 0 Å². The van der Waals surface area contributed by atoms with Crippen molar-refractivity contribution in [2.75, 3.05) is 0 Å². The molecule has 2 aromatic rings. The van der Waals surface area contributed by atoms with Gasteiger partial charge in [-0.3, -0.25) is 0 Å². The highest BCUT2D eigenvalue weighted by Gasteiger charge is 2.16. The molecule has 4 heteroatoms. The number of benzene rings is 2. The summed E-state index contributed by atoms with van der Waals surface area (Å²) in [6, 6.07) is 16.9. The normalized spacial score (nSPS) is 10.8. The minimum absolute atomic E-state index is 0.0719. The van der Waals surface area contributed by atoms with Crippen LogP contribution in [0.15, 0.2) is 58.3 Å². The van der Waals surface area contributed by atoms with E-state index in [2.05, 4.69) is 6.07 Å². The van der Waals surface area contributed by atoms with Crippen LogP contribution in [0, 0.1) is 17.4 Å². The topological polar surface area (TPSA) is 57.9 Å². The SMILES string of the molecule is N#Cc1c[c]c(S(=O)(=O)c2ccccc2)cc1. The third-order valence-corrected chi connectivity index (χ3v) is 3.98. The molecule has 0 heterocycles. The molecule has 0 aliphatic carbocycles. The van der Waals surface area contributed by atoms with E-state index in [0.29, 0.717) is 5.56 Å². The van der Waals surface area contributed by atoms with Crippen LogP contribution in [0.4, 0.5) is 0 Å². The molecular formula is C13H8NO2S. The molecule has 0 saturated carbocycles. The zero-order chi connectivity index (χ0) is 12.3. The minimum Gasteiger partial charge on any atom is -0.218 e. The van der Waals surface area contributed by atoms with Crippen molar-refractivity contribution in [2.24, 2.45) is 0 Å². The summed E-state index contributed by atoms with van der Waals surface area (Å²) >= 11 is 0. The van der Waals surface area contributed by atoms with Crippen LogP contribution in [0.1, 0.15) is 5.56 Å². The predicted molar refractivity (Wildman–Crippen MR) is 61.9 cm³/mol. The van der Waals surface area contributed by atoms with E-state index in [-0.39, 0.29) is 9.79 Å². The van der Waals surface area contributed by atoms with E-state index in [1.165, 1.54) is 30.3 Å². The standard InChI is InChI=1S/C13H8NO2S/c14-10-11-6-8-13(9-7-11)17(15,16)12-4-2-1-3-5-12/h1-8H. The van der Waals surface area contributed by atoms with Crippen molar-refractivity contribution in [3.63, 3.8) is 0 Å². The maximum atomic E-state index is 12.1. The Balaban J connectivity index is 2.50. The predicted octanol–water partition coefficient (Wildman–Crippen LogP) is 2.19. The largest absolute Gasteiger partial charge is 0.218 e. The summed E-state index contributed by atoms with van der Waals surface area (Å²) in [7, 11) is -3.53. The van der Waals surface area contributed by atoms with Gasteiger partial charge in [0, 0.05) is 6.07 Å². The Labute approximate surface area is 99.9 Å². The van der Waals surface area contributed by atoms with Gasteiger partial charge in [-0.05, 0) is 30.3 Å². The third-order valence-electron chi connectivity index (χ3n) is 2.26. The number of nitrogens with zero attached hydrogens (tertiary/aromatic N) is 1. The van der Waals surface area contributed by atoms with Gasteiger partial charge in [0.1, 0.15) is 0 Å². The fourth-order valence-corrected chi connectivity index (χ4v) is 2.60. The molecule has 0 bridgehead atoms. The number of sulfone groups is 1. The van der Waals surface area contributed by atoms with Gasteiger partial charge >= 0.3 is 0 Å². The number of rotatable bonds is 2. The van der Waals surface area contributed by atoms with Crippen LogP contribution >= 0.6 is 0 Å². The molecule has 0 spiro atoms. The highest BCUT2D eigenvalue weighted by molar-refractivity contribution is 7.91. The Morgan fingerprint density at radius 3 is 2.29 bits per heavy atom. The maximum absolute atomic E-state index is 12.1. The lowest BCUT2D eigenvalue weighted by Crippen LogP contribution is -2.01. The van der Waals surface area contributed by atoms with Crippen molar-refractivity contribution < 1.29 is 8.42 Å². The van der Waals surface area contributed by atoms with Crippen molar-refractivity contribution in [3.8, 4) is 6.07 Å². The van der Waals surface area contributed by atoms with E-state index in [9.17, 15) is 8.42 Å². The van der Waals surface area contributed by atoms with Gasteiger partial charge in [-0.25, -0.2) is 8.42 Å². The number of nitriles is 1. The van der Waals surface area contributed by atoms with Crippen LogP contribution in [-0.4, -0.2) is 8.42 Å². The maximum Gasteiger partial charge on any atom is 0.207 e. The monoisotopic (exact) mass is 242 g/mol. The molecule has 0 saturated heterocycles. The van der Waals surface area contributed by atoms with E-state index in [0.717, 1.165) is 0 Å². The first-order valence-electron chi connectivity index (χ1n) is 4.86. The fourth-order valence-electron chi connectivity index (χ4n) is 1.37. The summed E-state index contributed by atoms with van der Waals surface area (Å²) in [5.41, 5.74) is 0.386. The highest BCUT2D eigenvalue weighted by atomic mass is 32.2. The van der Waals surface area contributed by atoms with E-state index >= 15 is 0 Å². The van der Waals surface area contributed by atoms with Gasteiger partial charge in [0.2, 0.25) is 9.84 Å². The van der Waals surface area contributed by atoms with Crippen molar-refractivity contribution >= 4 is 9.84 Å². The highest BCUT2D eigenvalue weighted by Crippen LogP contribution is 2.19. The van der Waals surface area contributed by atoms with Crippen LogP contribution in [0.5, 0.6) is 0 Å². The first-order chi connectivity index (χ1) is 8.14. The summed E-state index contributed by atoms with van der Waals surface area (Å²) in [4.78, 5) is 0.295. The van der Waals surface area contributed by atoms with Crippen molar-refractivity contribution in [3.05, 3.63) is 60.2 Å². The first kappa shape index (κ1) is 11.4. The Hall–Kier alpha value is -2.12. The lowest BCUT2D eigenvalue weighted by Gasteiger charge is -2.03. The molecule has 0 fully saturated rings. The first-order valence-corrected chi connectivity index (χ1v) is 6.35. The molecule has 0 N–H and O–H groups in total.